The van der Waals surface area contributed by atoms with Crippen molar-refractivity contribution in [2.75, 3.05) is 7.11 Å². The van der Waals surface area contributed by atoms with Crippen molar-refractivity contribution < 1.29 is 23.9 Å². The van der Waals surface area contributed by atoms with Gasteiger partial charge >= 0.3 is 5.97 Å². The van der Waals surface area contributed by atoms with E-state index in [1.54, 1.807) is 24.3 Å². The predicted molar refractivity (Wildman–Crippen MR) is 114 cm³/mol. The van der Waals surface area contributed by atoms with E-state index in [4.69, 9.17) is 4.74 Å². The molecule has 3 amide bonds. The first-order valence-electron chi connectivity index (χ1n) is 10.2. The number of methoxy groups -OCH3 is 1. The van der Waals surface area contributed by atoms with Gasteiger partial charge in [0.1, 0.15) is 12.1 Å². The third-order valence-electron chi connectivity index (χ3n) is 5.22. The first-order valence-corrected chi connectivity index (χ1v) is 10.2. The van der Waals surface area contributed by atoms with E-state index in [1.807, 2.05) is 44.2 Å². The lowest BCUT2D eigenvalue weighted by molar-refractivity contribution is -0.145. The first-order chi connectivity index (χ1) is 14.8. The molecule has 0 fully saturated rings. The van der Waals surface area contributed by atoms with E-state index in [0.29, 0.717) is 0 Å². The summed E-state index contributed by atoms with van der Waals surface area (Å²) in [5.74, 6) is -2.12. The molecule has 1 aliphatic heterocycles. The SMILES string of the molecule is COC(=O)[C@H](Cc1ccccc1)NC(=O)[C@@H](CC(C)C)N1C(=O)c2ccccc2C1=O. The van der Waals surface area contributed by atoms with Gasteiger partial charge in [0.05, 0.1) is 18.2 Å². The van der Waals surface area contributed by atoms with Gasteiger partial charge in [-0.3, -0.25) is 19.3 Å². The molecular weight excluding hydrogens is 396 g/mol. The number of benzene rings is 2. The van der Waals surface area contributed by atoms with Crippen LogP contribution in [-0.4, -0.2) is 47.8 Å². The first kappa shape index (κ1) is 22.2. The van der Waals surface area contributed by atoms with Crippen LogP contribution in [0.25, 0.3) is 0 Å². The van der Waals surface area contributed by atoms with Crippen molar-refractivity contribution in [2.24, 2.45) is 5.92 Å². The third-order valence-corrected chi connectivity index (χ3v) is 5.22. The normalized spacial score (nSPS) is 14.9. The Balaban J connectivity index is 1.86. The number of hydrogen-bond acceptors (Lipinski definition) is 5. The molecule has 0 bridgehead atoms. The lowest BCUT2D eigenvalue weighted by Crippen LogP contribution is -2.54. The number of amides is 3. The van der Waals surface area contributed by atoms with Crippen molar-refractivity contribution in [3.63, 3.8) is 0 Å². The van der Waals surface area contributed by atoms with Crippen LogP contribution in [0, 0.1) is 5.92 Å². The highest BCUT2D eigenvalue weighted by Crippen LogP contribution is 2.27. The summed E-state index contributed by atoms with van der Waals surface area (Å²) in [7, 11) is 1.25. The number of nitrogens with one attached hydrogen (secondary N) is 1. The average molecular weight is 422 g/mol. The highest BCUT2D eigenvalue weighted by molar-refractivity contribution is 6.22. The zero-order chi connectivity index (χ0) is 22.5. The average Bonchev–Trinajstić information content (AvgIpc) is 3.02. The highest BCUT2D eigenvalue weighted by Gasteiger charge is 2.43. The van der Waals surface area contributed by atoms with Crippen molar-refractivity contribution in [3.8, 4) is 0 Å². The Bertz CT molecular complexity index is 951. The van der Waals surface area contributed by atoms with Crippen LogP contribution in [0.1, 0.15) is 46.5 Å². The fourth-order valence-corrected chi connectivity index (χ4v) is 3.72. The number of ether oxygens (including phenoxy) is 1. The van der Waals surface area contributed by atoms with Gasteiger partial charge < -0.3 is 10.1 Å². The maximum absolute atomic E-state index is 13.3. The van der Waals surface area contributed by atoms with Crippen LogP contribution < -0.4 is 5.32 Å². The molecule has 0 saturated heterocycles. The van der Waals surface area contributed by atoms with E-state index < -0.39 is 35.8 Å². The molecule has 162 valence electrons. The number of carbonyl (C=O) groups is 4. The van der Waals surface area contributed by atoms with E-state index in [0.717, 1.165) is 10.5 Å². The van der Waals surface area contributed by atoms with Crippen molar-refractivity contribution in [3.05, 3.63) is 71.3 Å². The molecule has 0 unspecified atom stereocenters. The number of imide groups is 1. The summed E-state index contributed by atoms with van der Waals surface area (Å²) in [5.41, 5.74) is 1.41. The summed E-state index contributed by atoms with van der Waals surface area (Å²) in [6.07, 6.45) is 0.506. The molecule has 2 aromatic rings. The van der Waals surface area contributed by atoms with Crippen molar-refractivity contribution >= 4 is 23.7 Å². The molecule has 2 atom stereocenters. The van der Waals surface area contributed by atoms with Crippen LogP contribution in [0.2, 0.25) is 0 Å². The van der Waals surface area contributed by atoms with E-state index >= 15 is 0 Å². The molecule has 7 nitrogen and oxygen atoms in total. The molecule has 3 rings (SSSR count). The van der Waals surface area contributed by atoms with Crippen LogP contribution in [0.3, 0.4) is 0 Å². The summed E-state index contributed by atoms with van der Waals surface area (Å²) in [6, 6.07) is 13.8. The predicted octanol–water partition coefficient (Wildman–Crippen LogP) is 2.60. The molecule has 1 heterocycles. The molecule has 0 radical (unpaired) electrons. The number of carbonyl (C=O) groups excluding carboxylic acids is 4. The maximum atomic E-state index is 13.3. The largest absolute Gasteiger partial charge is 0.467 e. The van der Waals surface area contributed by atoms with Gasteiger partial charge in [0, 0.05) is 6.42 Å². The number of fused-ring (bicyclic) bond motifs is 1. The van der Waals surface area contributed by atoms with Gasteiger partial charge in [-0.2, -0.15) is 0 Å². The molecule has 1 N–H and O–H groups in total. The van der Waals surface area contributed by atoms with Gasteiger partial charge in [-0.25, -0.2) is 4.79 Å². The Kier molecular flexibility index (Phi) is 6.84. The second-order valence-electron chi connectivity index (χ2n) is 7.95. The smallest absolute Gasteiger partial charge is 0.328 e. The van der Waals surface area contributed by atoms with Crippen molar-refractivity contribution in [2.45, 2.75) is 38.8 Å². The molecular formula is C24H26N2O5. The molecule has 0 saturated carbocycles. The number of esters is 1. The van der Waals surface area contributed by atoms with Crippen LogP contribution >= 0.6 is 0 Å². The second kappa shape index (κ2) is 9.55. The highest BCUT2D eigenvalue weighted by atomic mass is 16.5. The van der Waals surface area contributed by atoms with Crippen LogP contribution in [0.4, 0.5) is 0 Å². The van der Waals surface area contributed by atoms with Gasteiger partial charge in [-0.15, -0.1) is 0 Å². The van der Waals surface area contributed by atoms with E-state index in [9.17, 15) is 19.2 Å². The number of hydrogen-bond donors (Lipinski definition) is 1. The summed E-state index contributed by atoms with van der Waals surface area (Å²) in [6.45, 7) is 3.81. The minimum atomic E-state index is -1.03. The fourth-order valence-electron chi connectivity index (χ4n) is 3.72. The Labute approximate surface area is 181 Å². The third kappa shape index (κ3) is 4.82. The Hall–Kier alpha value is -3.48. The minimum Gasteiger partial charge on any atom is -0.467 e. The summed E-state index contributed by atoms with van der Waals surface area (Å²) in [4.78, 5) is 52.5. The molecule has 2 aromatic carbocycles. The van der Waals surface area contributed by atoms with Crippen LogP contribution in [0.5, 0.6) is 0 Å². The van der Waals surface area contributed by atoms with Gasteiger partial charge in [0.25, 0.3) is 11.8 Å². The quantitative estimate of drug-likeness (QED) is 0.521. The zero-order valence-corrected chi connectivity index (χ0v) is 17.8. The monoisotopic (exact) mass is 422 g/mol. The Morgan fingerprint density at radius 3 is 2.00 bits per heavy atom. The van der Waals surface area contributed by atoms with Crippen LogP contribution in [-0.2, 0) is 20.7 Å². The van der Waals surface area contributed by atoms with Gasteiger partial charge in [0.2, 0.25) is 5.91 Å². The topological polar surface area (TPSA) is 92.8 Å². The van der Waals surface area contributed by atoms with E-state index in [1.165, 1.54) is 7.11 Å². The standard InChI is InChI=1S/C24H26N2O5/c1-15(2)13-20(26-22(28)17-11-7-8-12-18(17)23(26)29)21(27)25-19(24(30)31-3)14-16-9-5-4-6-10-16/h4-12,15,19-20H,13-14H2,1-3H3,(H,25,27)/t19-,20+/m0/s1. The molecule has 31 heavy (non-hydrogen) atoms. The number of nitrogens with zero attached hydrogens (tertiary/aromatic N) is 1. The number of rotatable bonds is 8. The van der Waals surface area contributed by atoms with Crippen LogP contribution in [0.15, 0.2) is 54.6 Å². The summed E-state index contributed by atoms with van der Waals surface area (Å²) >= 11 is 0. The van der Waals surface area contributed by atoms with Crippen molar-refractivity contribution in [1.29, 1.82) is 0 Å². The van der Waals surface area contributed by atoms with E-state index in [2.05, 4.69) is 5.32 Å². The molecule has 0 aliphatic carbocycles. The Morgan fingerprint density at radius 1 is 0.935 bits per heavy atom. The summed E-state index contributed by atoms with van der Waals surface area (Å²) < 4.78 is 4.86. The maximum Gasteiger partial charge on any atom is 0.328 e. The lowest BCUT2D eigenvalue weighted by Gasteiger charge is -2.28. The fraction of sp³-hybridized carbons (Fsp3) is 0.333. The molecule has 0 spiro atoms. The van der Waals surface area contributed by atoms with Crippen molar-refractivity contribution in [1.82, 2.24) is 10.2 Å². The van der Waals surface area contributed by atoms with E-state index in [-0.39, 0.29) is 29.9 Å². The zero-order valence-electron chi connectivity index (χ0n) is 17.8. The molecule has 1 aliphatic rings. The van der Waals surface area contributed by atoms with Gasteiger partial charge in [0.15, 0.2) is 0 Å². The molecule has 0 aromatic heterocycles. The second-order valence-corrected chi connectivity index (χ2v) is 7.95. The summed E-state index contributed by atoms with van der Waals surface area (Å²) in [5, 5.41) is 2.71. The Morgan fingerprint density at radius 2 is 1.48 bits per heavy atom. The molecule has 7 heteroatoms. The van der Waals surface area contributed by atoms with Gasteiger partial charge in [-0.1, -0.05) is 56.3 Å². The lowest BCUT2D eigenvalue weighted by atomic mass is 10.00. The van der Waals surface area contributed by atoms with Gasteiger partial charge in [-0.05, 0) is 30.0 Å². The minimum absolute atomic E-state index is 0.0331.